The van der Waals surface area contributed by atoms with Crippen LogP contribution in [-0.2, 0) is 0 Å². The van der Waals surface area contributed by atoms with Gasteiger partial charge in [0.15, 0.2) is 0 Å². The predicted molar refractivity (Wildman–Crippen MR) is 82.5 cm³/mol. The molecule has 3 heteroatoms. The zero-order valence-electron chi connectivity index (χ0n) is 12.1. The van der Waals surface area contributed by atoms with Gasteiger partial charge in [-0.25, -0.2) is 4.39 Å². The highest BCUT2D eigenvalue weighted by atomic mass is 19.1. The molecule has 2 fully saturated rings. The fourth-order valence-corrected chi connectivity index (χ4v) is 4.13. The minimum Gasteiger partial charge on any atom is -0.327 e. The van der Waals surface area contributed by atoms with Gasteiger partial charge in [0.2, 0.25) is 0 Å². The predicted octanol–water partition coefficient (Wildman–Crippen LogP) is 3.99. The van der Waals surface area contributed by atoms with Crippen LogP contribution in [0.2, 0.25) is 0 Å². The molecule has 0 radical (unpaired) electrons. The molecule has 2 N–H and O–H groups in total. The first-order valence-electron chi connectivity index (χ1n) is 8.02. The molecule has 2 unspecified atom stereocenters. The highest BCUT2D eigenvalue weighted by molar-refractivity contribution is 5.82. The number of hydrogen-bond acceptors (Lipinski definition) is 2. The van der Waals surface area contributed by atoms with Crippen molar-refractivity contribution in [3.63, 3.8) is 0 Å². The molecule has 1 aromatic carbocycles. The number of nitrogens with two attached hydrogens (primary N) is 1. The number of hydrogen-bond donors (Lipinski definition) is 1. The Balaban J connectivity index is 1.58. The Morgan fingerprint density at radius 3 is 2.57 bits per heavy atom. The average molecular weight is 284 g/mol. The van der Waals surface area contributed by atoms with Crippen molar-refractivity contribution >= 4 is 10.9 Å². The lowest BCUT2D eigenvalue weighted by molar-refractivity contribution is 0.293. The molecule has 2 nitrogen and oxygen atoms in total. The first-order valence-corrected chi connectivity index (χ1v) is 8.02. The van der Waals surface area contributed by atoms with E-state index in [9.17, 15) is 4.39 Å². The van der Waals surface area contributed by atoms with Crippen molar-refractivity contribution in [3.8, 4) is 0 Å². The van der Waals surface area contributed by atoms with Gasteiger partial charge in [-0.15, -0.1) is 0 Å². The van der Waals surface area contributed by atoms with Crippen LogP contribution in [0.4, 0.5) is 4.39 Å². The topological polar surface area (TPSA) is 38.9 Å². The summed E-state index contributed by atoms with van der Waals surface area (Å²) in [4.78, 5) is 4.36. The van der Waals surface area contributed by atoms with Crippen molar-refractivity contribution in [2.75, 3.05) is 0 Å². The third-order valence-electron chi connectivity index (χ3n) is 5.45. The summed E-state index contributed by atoms with van der Waals surface area (Å²) < 4.78 is 13.6. The third kappa shape index (κ3) is 2.44. The third-order valence-corrected chi connectivity index (χ3v) is 5.45. The highest BCUT2D eigenvalue weighted by Crippen LogP contribution is 2.47. The number of benzene rings is 1. The fourth-order valence-electron chi connectivity index (χ4n) is 4.13. The van der Waals surface area contributed by atoms with Gasteiger partial charge in [0.05, 0.1) is 5.52 Å². The summed E-state index contributed by atoms with van der Waals surface area (Å²) in [5.41, 5.74) is 8.16. The molecule has 0 aliphatic heterocycles. The quantitative estimate of drug-likeness (QED) is 0.905. The van der Waals surface area contributed by atoms with Crippen LogP contribution in [0.25, 0.3) is 10.9 Å². The summed E-state index contributed by atoms with van der Waals surface area (Å²) >= 11 is 0. The molecule has 2 aliphatic rings. The van der Waals surface area contributed by atoms with Gasteiger partial charge >= 0.3 is 0 Å². The Kier molecular flexibility index (Phi) is 3.18. The van der Waals surface area contributed by atoms with Crippen LogP contribution in [0.5, 0.6) is 0 Å². The summed E-state index contributed by atoms with van der Waals surface area (Å²) in [6.45, 7) is 0. The molecule has 21 heavy (non-hydrogen) atoms. The van der Waals surface area contributed by atoms with Crippen molar-refractivity contribution < 1.29 is 4.39 Å². The van der Waals surface area contributed by atoms with E-state index in [2.05, 4.69) is 11.1 Å². The molecular weight excluding hydrogens is 263 g/mol. The second-order valence-corrected chi connectivity index (χ2v) is 6.74. The zero-order chi connectivity index (χ0) is 14.4. The molecule has 2 saturated carbocycles. The van der Waals surface area contributed by atoms with E-state index in [1.807, 2.05) is 6.20 Å². The van der Waals surface area contributed by atoms with E-state index in [-0.39, 0.29) is 5.82 Å². The van der Waals surface area contributed by atoms with Gasteiger partial charge < -0.3 is 5.73 Å². The zero-order valence-corrected chi connectivity index (χ0v) is 12.1. The minimum absolute atomic E-state index is 0.172. The molecule has 0 amide bonds. The maximum Gasteiger partial charge on any atom is 0.123 e. The van der Waals surface area contributed by atoms with E-state index in [0.717, 1.165) is 22.7 Å². The summed E-state index contributed by atoms with van der Waals surface area (Å²) in [6.07, 6.45) is 8.01. The Labute approximate surface area is 124 Å². The maximum atomic E-state index is 13.6. The van der Waals surface area contributed by atoms with Gasteiger partial charge in [0, 0.05) is 17.6 Å². The molecule has 1 aromatic heterocycles. The lowest BCUT2D eigenvalue weighted by atomic mass is 9.76. The lowest BCUT2D eigenvalue weighted by Crippen LogP contribution is -2.18. The van der Waals surface area contributed by atoms with Gasteiger partial charge in [-0.3, -0.25) is 4.98 Å². The van der Waals surface area contributed by atoms with Crippen molar-refractivity contribution in [1.82, 2.24) is 4.98 Å². The SMILES string of the molecule is NC1CC1C1CCC(c2ccnc3ccc(F)cc23)CC1. The molecule has 1 heterocycles. The Bertz CT molecular complexity index is 661. The molecule has 4 rings (SSSR count). The number of fused-ring (bicyclic) bond motifs is 1. The van der Waals surface area contributed by atoms with Crippen LogP contribution in [0.1, 0.15) is 43.6 Å². The van der Waals surface area contributed by atoms with Gasteiger partial charge in [0.1, 0.15) is 5.82 Å². The van der Waals surface area contributed by atoms with Crippen molar-refractivity contribution in [2.24, 2.45) is 17.6 Å². The smallest absolute Gasteiger partial charge is 0.123 e. The van der Waals surface area contributed by atoms with E-state index in [1.165, 1.54) is 43.7 Å². The number of pyridine rings is 1. The first kappa shape index (κ1) is 13.2. The standard InChI is InChI=1S/C18H21FN2/c19-13-5-6-18-16(9-13)14(7-8-21-18)11-1-3-12(4-2-11)15-10-17(15)20/h5-9,11-12,15,17H,1-4,10,20H2. The molecule has 2 aliphatic carbocycles. The average Bonchev–Trinajstić information content (AvgIpc) is 3.24. The molecular formula is C18H21FN2. The van der Waals surface area contributed by atoms with Crippen molar-refractivity contribution in [2.45, 2.75) is 44.1 Å². The Hall–Kier alpha value is -1.48. The van der Waals surface area contributed by atoms with E-state index in [0.29, 0.717) is 12.0 Å². The van der Waals surface area contributed by atoms with Crippen LogP contribution in [-0.4, -0.2) is 11.0 Å². The second-order valence-electron chi connectivity index (χ2n) is 6.74. The van der Waals surface area contributed by atoms with E-state index in [1.54, 1.807) is 12.1 Å². The molecule has 110 valence electrons. The van der Waals surface area contributed by atoms with Crippen LogP contribution >= 0.6 is 0 Å². The van der Waals surface area contributed by atoms with Gasteiger partial charge in [0.25, 0.3) is 0 Å². The molecule has 2 aromatic rings. The summed E-state index contributed by atoms with van der Waals surface area (Å²) in [5, 5.41) is 0.990. The number of rotatable bonds is 2. The number of halogens is 1. The normalized spacial score (nSPS) is 32.3. The van der Waals surface area contributed by atoms with Gasteiger partial charge in [-0.1, -0.05) is 0 Å². The first-order chi connectivity index (χ1) is 10.2. The Morgan fingerprint density at radius 1 is 1.10 bits per heavy atom. The van der Waals surface area contributed by atoms with Crippen molar-refractivity contribution in [1.29, 1.82) is 0 Å². The lowest BCUT2D eigenvalue weighted by Gasteiger charge is -2.29. The largest absolute Gasteiger partial charge is 0.327 e. The highest BCUT2D eigenvalue weighted by Gasteiger charge is 2.41. The van der Waals surface area contributed by atoms with Crippen molar-refractivity contribution in [3.05, 3.63) is 41.8 Å². The monoisotopic (exact) mass is 284 g/mol. The van der Waals surface area contributed by atoms with Crippen LogP contribution in [0.15, 0.2) is 30.5 Å². The molecule has 0 saturated heterocycles. The molecule has 2 atom stereocenters. The maximum absolute atomic E-state index is 13.6. The molecule has 0 bridgehead atoms. The van der Waals surface area contributed by atoms with Gasteiger partial charge in [-0.2, -0.15) is 0 Å². The summed E-state index contributed by atoms with van der Waals surface area (Å²) in [6, 6.07) is 7.45. The minimum atomic E-state index is -0.172. The van der Waals surface area contributed by atoms with Crippen LogP contribution < -0.4 is 5.73 Å². The molecule has 0 spiro atoms. The van der Waals surface area contributed by atoms with Gasteiger partial charge in [-0.05, 0) is 79.7 Å². The van der Waals surface area contributed by atoms with E-state index < -0.39 is 0 Å². The van der Waals surface area contributed by atoms with E-state index in [4.69, 9.17) is 5.73 Å². The Morgan fingerprint density at radius 2 is 1.86 bits per heavy atom. The second kappa shape index (κ2) is 5.06. The van der Waals surface area contributed by atoms with Crippen LogP contribution in [0.3, 0.4) is 0 Å². The number of aromatic nitrogens is 1. The summed E-state index contributed by atoms with van der Waals surface area (Å²) in [7, 11) is 0. The van der Waals surface area contributed by atoms with Crippen LogP contribution in [0, 0.1) is 17.7 Å². The summed E-state index contributed by atoms with van der Waals surface area (Å²) in [5.74, 6) is 1.97. The fraction of sp³-hybridized carbons (Fsp3) is 0.500. The number of nitrogens with zero attached hydrogens (tertiary/aromatic N) is 1. The van der Waals surface area contributed by atoms with E-state index >= 15 is 0 Å².